The van der Waals surface area contributed by atoms with Crippen molar-refractivity contribution in [3.8, 4) is 11.6 Å². The average Bonchev–Trinajstić information content (AvgIpc) is 2.86. The number of anilines is 1. The number of benzene rings is 2. The summed E-state index contributed by atoms with van der Waals surface area (Å²) >= 11 is 0. The zero-order valence-corrected chi connectivity index (χ0v) is 20.3. The van der Waals surface area contributed by atoms with Crippen LogP contribution in [-0.2, 0) is 11.2 Å². The molecule has 2 aromatic carbocycles. The molecule has 0 saturated carbocycles. The number of aromatic nitrogens is 2. The van der Waals surface area contributed by atoms with Gasteiger partial charge < -0.3 is 15.0 Å². The van der Waals surface area contributed by atoms with Gasteiger partial charge in [0.1, 0.15) is 17.9 Å². The Balaban J connectivity index is 1.27. The van der Waals surface area contributed by atoms with Gasteiger partial charge in [-0.15, -0.1) is 0 Å². The fourth-order valence-corrected chi connectivity index (χ4v) is 4.34. The summed E-state index contributed by atoms with van der Waals surface area (Å²) in [5.41, 5.74) is 3.59. The van der Waals surface area contributed by atoms with E-state index in [4.69, 9.17) is 4.74 Å². The van der Waals surface area contributed by atoms with Gasteiger partial charge in [-0.05, 0) is 69.2 Å². The Bertz CT molecular complexity index is 1090. The Morgan fingerprint density at radius 3 is 2.62 bits per heavy atom. The van der Waals surface area contributed by atoms with E-state index in [2.05, 4.69) is 64.4 Å². The fraction of sp³-hybridized carbons (Fsp3) is 0.393. The molecule has 6 heteroatoms. The number of nitrogens with one attached hydrogen (secondary N) is 1. The Hall–Kier alpha value is -3.41. The number of piperidine rings is 1. The van der Waals surface area contributed by atoms with Crippen molar-refractivity contribution >= 4 is 11.7 Å². The van der Waals surface area contributed by atoms with Gasteiger partial charge in [-0.1, -0.05) is 42.5 Å². The molecule has 3 aromatic rings. The first-order chi connectivity index (χ1) is 16.5. The van der Waals surface area contributed by atoms with Crippen LogP contribution in [0.1, 0.15) is 42.9 Å². The summed E-state index contributed by atoms with van der Waals surface area (Å²) in [5, 5.41) is 3.22. The SMILES string of the molecule is Cc1cccc(Oc2cc(N3CCC(C(=O)N[C@@H](C)CCc4ccccc4)CC3)ncn2)c1C. The molecule has 34 heavy (non-hydrogen) atoms. The smallest absolute Gasteiger partial charge is 0.224 e. The topological polar surface area (TPSA) is 67.3 Å². The number of hydrogen-bond donors (Lipinski definition) is 1. The third-order valence-corrected chi connectivity index (χ3v) is 6.68. The molecule has 1 amide bonds. The van der Waals surface area contributed by atoms with Crippen molar-refractivity contribution in [1.29, 1.82) is 0 Å². The summed E-state index contributed by atoms with van der Waals surface area (Å²) in [7, 11) is 0. The van der Waals surface area contributed by atoms with Crippen LogP contribution in [0.4, 0.5) is 5.82 Å². The number of ether oxygens (including phenoxy) is 1. The van der Waals surface area contributed by atoms with Crippen LogP contribution in [0.5, 0.6) is 11.6 Å². The van der Waals surface area contributed by atoms with Crippen LogP contribution >= 0.6 is 0 Å². The van der Waals surface area contributed by atoms with Gasteiger partial charge in [0.2, 0.25) is 11.8 Å². The molecule has 178 valence electrons. The van der Waals surface area contributed by atoms with Crippen LogP contribution in [0.25, 0.3) is 0 Å². The minimum atomic E-state index is 0.0444. The molecule has 1 saturated heterocycles. The highest BCUT2D eigenvalue weighted by Gasteiger charge is 2.26. The van der Waals surface area contributed by atoms with Crippen LogP contribution in [0.15, 0.2) is 60.9 Å². The van der Waals surface area contributed by atoms with E-state index >= 15 is 0 Å². The first-order valence-electron chi connectivity index (χ1n) is 12.1. The predicted molar refractivity (Wildman–Crippen MR) is 135 cm³/mol. The van der Waals surface area contributed by atoms with Crippen molar-refractivity contribution in [2.24, 2.45) is 5.92 Å². The number of hydrogen-bond acceptors (Lipinski definition) is 5. The highest BCUT2D eigenvalue weighted by atomic mass is 16.5. The van der Waals surface area contributed by atoms with Crippen molar-refractivity contribution in [2.45, 2.75) is 52.5 Å². The molecule has 1 aliphatic heterocycles. The predicted octanol–water partition coefficient (Wildman–Crippen LogP) is 5.24. The number of aryl methyl sites for hydroxylation is 2. The molecule has 6 nitrogen and oxygen atoms in total. The minimum Gasteiger partial charge on any atom is -0.439 e. The quantitative estimate of drug-likeness (QED) is 0.500. The highest BCUT2D eigenvalue weighted by Crippen LogP contribution is 2.28. The first-order valence-corrected chi connectivity index (χ1v) is 12.1. The van der Waals surface area contributed by atoms with Gasteiger partial charge in [0.05, 0.1) is 0 Å². The Labute approximate surface area is 202 Å². The third kappa shape index (κ3) is 6.13. The second kappa shape index (κ2) is 11.1. The standard InChI is InChI=1S/C28H34N4O2/c1-20-8-7-11-25(22(20)3)34-27-18-26(29-19-30-27)32-16-14-24(15-17-32)28(33)31-21(2)12-13-23-9-5-4-6-10-23/h4-11,18-19,21,24H,12-17H2,1-3H3,(H,31,33)/t21-/m0/s1. The Kier molecular flexibility index (Phi) is 7.78. The van der Waals surface area contributed by atoms with E-state index in [9.17, 15) is 4.79 Å². The average molecular weight is 459 g/mol. The fourth-order valence-electron chi connectivity index (χ4n) is 4.34. The highest BCUT2D eigenvalue weighted by molar-refractivity contribution is 5.79. The zero-order chi connectivity index (χ0) is 23.9. The molecule has 2 heterocycles. The molecule has 1 aromatic heterocycles. The lowest BCUT2D eigenvalue weighted by Gasteiger charge is -2.32. The van der Waals surface area contributed by atoms with Gasteiger partial charge in [0.25, 0.3) is 0 Å². The third-order valence-electron chi connectivity index (χ3n) is 6.68. The van der Waals surface area contributed by atoms with Gasteiger partial charge in [-0.2, -0.15) is 0 Å². The molecule has 1 atom stereocenters. The normalized spacial score (nSPS) is 15.1. The molecule has 1 fully saturated rings. The van der Waals surface area contributed by atoms with E-state index in [1.807, 2.05) is 31.2 Å². The summed E-state index contributed by atoms with van der Waals surface area (Å²) in [5.74, 6) is 2.39. The maximum Gasteiger partial charge on any atom is 0.224 e. The van der Waals surface area contributed by atoms with Gasteiger partial charge in [0.15, 0.2) is 0 Å². The van der Waals surface area contributed by atoms with E-state index < -0.39 is 0 Å². The van der Waals surface area contributed by atoms with Crippen LogP contribution in [-0.4, -0.2) is 35.0 Å². The van der Waals surface area contributed by atoms with E-state index in [0.29, 0.717) is 5.88 Å². The van der Waals surface area contributed by atoms with Crippen molar-refractivity contribution in [1.82, 2.24) is 15.3 Å². The molecule has 1 N–H and O–H groups in total. The summed E-state index contributed by atoms with van der Waals surface area (Å²) in [6.07, 6.45) is 5.09. The lowest BCUT2D eigenvalue weighted by molar-refractivity contribution is -0.126. The summed E-state index contributed by atoms with van der Waals surface area (Å²) in [6.45, 7) is 7.78. The number of amides is 1. The van der Waals surface area contributed by atoms with E-state index in [1.165, 1.54) is 11.1 Å². The number of carbonyl (C=O) groups excluding carboxylic acids is 1. The largest absolute Gasteiger partial charge is 0.439 e. The minimum absolute atomic E-state index is 0.0444. The molecular formula is C28H34N4O2. The molecule has 0 spiro atoms. The molecule has 1 aliphatic rings. The van der Waals surface area contributed by atoms with Crippen molar-refractivity contribution < 1.29 is 9.53 Å². The van der Waals surface area contributed by atoms with E-state index in [1.54, 1.807) is 6.33 Å². The first kappa shape index (κ1) is 23.7. The number of nitrogens with zero attached hydrogens (tertiary/aromatic N) is 3. The van der Waals surface area contributed by atoms with Crippen molar-refractivity contribution in [3.05, 3.63) is 77.6 Å². The lowest BCUT2D eigenvalue weighted by atomic mass is 9.95. The molecule has 0 radical (unpaired) electrons. The van der Waals surface area contributed by atoms with Gasteiger partial charge >= 0.3 is 0 Å². The zero-order valence-electron chi connectivity index (χ0n) is 20.3. The lowest BCUT2D eigenvalue weighted by Crippen LogP contribution is -2.43. The summed E-state index contributed by atoms with van der Waals surface area (Å²) in [6, 6.07) is 18.5. The molecular weight excluding hydrogens is 424 g/mol. The second-order valence-corrected chi connectivity index (χ2v) is 9.21. The van der Waals surface area contributed by atoms with Gasteiger partial charge in [-0.3, -0.25) is 4.79 Å². The molecule has 0 aliphatic carbocycles. The van der Waals surface area contributed by atoms with Crippen molar-refractivity contribution in [2.75, 3.05) is 18.0 Å². The van der Waals surface area contributed by atoms with Crippen molar-refractivity contribution in [3.63, 3.8) is 0 Å². The van der Waals surface area contributed by atoms with Crippen LogP contribution in [0, 0.1) is 19.8 Å². The van der Waals surface area contributed by atoms with E-state index in [-0.39, 0.29) is 17.9 Å². The number of carbonyl (C=O) groups is 1. The maximum absolute atomic E-state index is 12.8. The Morgan fingerprint density at radius 1 is 1.09 bits per heavy atom. The van der Waals surface area contributed by atoms with Gasteiger partial charge in [0, 0.05) is 31.1 Å². The summed E-state index contributed by atoms with van der Waals surface area (Å²) in [4.78, 5) is 23.8. The molecule has 4 rings (SSSR count). The maximum atomic E-state index is 12.8. The van der Waals surface area contributed by atoms with Gasteiger partial charge in [-0.25, -0.2) is 9.97 Å². The molecule has 0 bridgehead atoms. The summed E-state index contributed by atoms with van der Waals surface area (Å²) < 4.78 is 6.04. The monoisotopic (exact) mass is 458 g/mol. The Morgan fingerprint density at radius 2 is 1.85 bits per heavy atom. The van der Waals surface area contributed by atoms with Crippen LogP contribution in [0.3, 0.4) is 0 Å². The number of rotatable bonds is 8. The van der Waals surface area contributed by atoms with Crippen LogP contribution < -0.4 is 15.0 Å². The molecule has 0 unspecified atom stereocenters. The van der Waals surface area contributed by atoms with Crippen LogP contribution in [0.2, 0.25) is 0 Å². The second-order valence-electron chi connectivity index (χ2n) is 9.21. The van der Waals surface area contributed by atoms with E-state index in [0.717, 1.165) is 55.9 Å².